The van der Waals surface area contributed by atoms with Crippen LogP contribution in [0, 0.1) is 0 Å². The van der Waals surface area contributed by atoms with Crippen molar-refractivity contribution in [2.24, 2.45) is 0 Å². The molecule has 0 fully saturated rings. The Bertz CT molecular complexity index is 688. The van der Waals surface area contributed by atoms with Gasteiger partial charge in [-0.15, -0.1) is 0 Å². The fourth-order valence-corrected chi connectivity index (χ4v) is 3.44. The second-order valence-corrected chi connectivity index (χ2v) is 6.18. The van der Waals surface area contributed by atoms with Gasteiger partial charge in [0.15, 0.2) is 5.69 Å². The molecule has 2 nitrogen and oxygen atoms in total. The van der Waals surface area contributed by atoms with Crippen LogP contribution in [0.5, 0.6) is 0 Å². The number of hydrogen-bond donors (Lipinski definition) is 0. The van der Waals surface area contributed by atoms with E-state index in [9.17, 15) is 13.2 Å². The maximum Gasteiger partial charge on any atom is 0.433 e. The minimum Gasteiger partial charge on any atom is -0.213 e. The Morgan fingerprint density at radius 2 is 1.81 bits per heavy atom. The Balaban J connectivity index is 1.89. The van der Waals surface area contributed by atoms with Crippen molar-refractivity contribution < 1.29 is 13.2 Å². The fourth-order valence-electron chi connectivity index (χ4n) is 2.33. The molecule has 0 amide bonds. The van der Waals surface area contributed by atoms with Gasteiger partial charge in [0.2, 0.25) is 5.28 Å². The van der Waals surface area contributed by atoms with Crippen LogP contribution in [0.25, 0.3) is 0 Å². The number of hydrogen-bond acceptors (Lipinski definition) is 3. The molecular weight excluding hydrogens is 321 g/mol. The van der Waals surface area contributed by atoms with Gasteiger partial charge in [0.05, 0.1) is 0 Å². The summed E-state index contributed by atoms with van der Waals surface area (Å²) >= 11 is 6.74. The van der Waals surface area contributed by atoms with Crippen molar-refractivity contribution in [3.05, 3.63) is 46.4 Å². The maximum absolute atomic E-state index is 12.7. The highest BCUT2D eigenvalue weighted by Gasteiger charge is 2.33. The van der Waals surface area contributed by atoms with Gasteiger partial charge >= 0.3 is 6.18 Å². The van der Waals surface area contributed by atoms with Gasteiger partial charge in [0.25, 0.3) is 0 Å². The number of nitrogens with zero attached hydrogens (tertiary/aromatic N) is 2. The molecule has 7 heteroatoms. The van der Waals surface area contributed by atoms with E-state index in [1.807, 2.05) is 18.2 Å². The van der Waals surface area contributed by atoms with Crippen LogP contribution < -0.4 is 0 Å². The molecule has 0 unspecified atom stereocenters. The highest BCUT2D eigenvalue weighted by Crippen LogP contribution is 2.34. The molecule has 0 aliphatic heterocycles. The summed E-state index contributed by atoms with van der Waals surface area (Å²) in [6.45, 7) is 0. The lowest BCUT2D eigenvalue weighted by Crippen LogP contribution is -2.09. The minimum absolute atomic E-state index is 0.195. The number of aryl methyl sites for hydroxylation is 2. The molecule has 110 valence electrons. The van der Waals surface area contributed by atoms with E-state index in [2.05, 4.69) is 9.97 Å². The largest absolute Gasteiger partial charge is 0.433 e. The van der Waals surface area contributed by atoms with E-state index in [4.69, 9.17) is 11.6 Å². The molecule has 0 N–H and O–H groups in total. The molecule has 0 radical (unpaired) electrons. The van der Waals surface area contributed by atoms with Crippen LogP contribution in [-0.4, -0.2) is 9.97 Å². The third kappa shape index (κ3) is 3.32. The van der Waals surface area contributed by atoms with E-state index < -0.39 is 17.2 Å². The Morgan fingerprint density at radius 1 is 1.05 bits per heavy atom. The van der Waals surface area contributed by atoms with Gasteiger partial charge in [-0.3, -0.25) is 0 Å². The topological polar surface area (TPSA) is 25.8 Å². The number of halogens is 4. The summed E-state index contributed by atoms with van der Waals surface area (Å²) in [4.78, 5) is 7.93. The Labute approximate surface area is 128 Å². The van der Waals surface area contributed by atoms with Crippen molar-refractivity contribution in [1.29, 1.82) is 0 Å². The third-order valence-electron chi connectivity index (χ3n) is 3.26. The predicted molar refractivity (Wildman–Crippen MR) is 74.6 cm³/mol. The van der Waals surface area contributed by atoms with E-state index in [0.29, 0.717) is 0 Å². The van der Waals surface area contributed by atoms with Gasteiger partial charge in [0.1, 0.15) is 5.03 Å². The average molecular weight is 331 g/mol. The summed E-state index contributed by atoms with van der Waals surface area (Å²) in [7, 11) is 0. The first-order valence-electron chi connectivity index (χ1n) is 6.33. The first-order chi connectivity index (χ1) is 9.91. The van der Waals surface area contributed by atoms with E-state index in [1.54, 1.807) is 0 Å². The summed E-state index contributed by atoms with van der Waals surface area (Å²) < 4.78 is 38.1. The van der Waals surface area contributed by atoms with Crippen LogP contribution in [0.3, 0.4) is 0 Å². The zero-order chi connectivity index (χ0) is 15.0. The van der Waals surface area contributed by atoms with Crippen LogP contribution in [0.15, 0.2) is 34.2 Å². The molecule has 21 heavy (non-hydrogen) atoms. The van der Waals surface area contributed by atoms with Gasteiger partial charge in [-0.2, -0.15) is 13.2 Å². The SMILES string of the molecule is FC(F)(F)c1cc(Sc2ccc3c(c2)CCC3)nc(Cl)n1. The van der Waals surface area contributed by atoms with E-state index in [-0.39, 0.29) is 5.03 Å². The molecule has 2 aromatic rings. The van der Waals surface area contributed by atoms with Crippen LogP contribution in [0.4, 0.5) is 13.2 Å². The molecule has 0 atom stereocenters. The van der Waals surface area contributed by atoms with Crippen LogP contribution in [-0.2, 0) is 19.0 Å². The molecule has 0 bridgehead atoms. The summed E-state index contributed by atoms with van der Waals surface area (Å²) in [6.07, 6.45) is -1.32. The van der Waals surface area contributed by atoms with Gasteiger partial charge < -0.3 is 0 Å². The molecule has 1 heterocycles. The molecule has 0 saturated carbocycles. The molecule has 0 saturated heterocycles. The van der Waals surface area contributed by atoms with Gasteiger partial charge in [-0.25, -0.2) is 9.97 Å². The van der Waals surface area contributed by atoms with Crippen LogP contribution in [0.2, 0.25) is 5.28 Å². The van der Waals surface area contributed by atoms with Crippen molar-refractivity contribution in [2.45, 2.75) is 35.4 Å². The highest BCUT2D eigenvalue weighted by molar-refractivity contribution is 7.99. The molecular formula is C14H10ClF3N2S. The molecule has 0 spiro atoms. The Kier molecular flexibility index (Phi) is 3.84. The number of alkyl halides is 3. The van der Waals surface area contributed by atoms with Crippen LogP contribution in [0.1, 0.15) is 23.2 Å². The first-order valence-corrected chi connectivity index (χ1v) is 7.53. The van der Waals surface area contributed by atoms with E-state index in [0.717, 1.165) is 42.0 Å². The monoisotopic (exact) mass is 330 g/mol. The molecule has 1 aliphatic rings. The maximum atomic E-state index is 12.7. The Hall–Kier alpha value is -1.27. The Morgan fingerprint density at radius 3 is 2.57 bits per heavy atom. The van der Waals surface area contributed by atoms with Crippen molar-refractivity contribution in [1.82, 2.24) is 9.97 Å². The van der Waals surface area contributed by atoms with Crippen molar-refractivity contribution in [3.8, 4) is 0 Å². The normalized spacial score (nSPS) is 14.3. The average Bonchev–Trinajstić information content (AvgIpc) is 2.84. The molecule has 1 aliphatic carbocycles. The second-order valence-electron chi connectivity index (χ2n) is 4.74. The smallest absolute Gasteiger partial charge is 0.213 e. The molecule has 1 aromatic heterocycles. The fraction of sp³-hybridized carbons (Fsp3) is 0.286. The van der Waals surface area contributed by atoms with E-state index >= 15 is 0 Å². The van der Waals surface area contributed by atoms with Gasteiger partial charge in [-0.05, 0) is 54.1 Å². The minimum atomic E-state index is -4.53. The van der Waals surface area contributed by atoms with Crippen molar-refractivity contribution >= 4 is 23.4 Å². The standard InChI is InChI=1S/C14H10ClF3N2S/c15-13-19-11(14(16,17)18)7-12(20-13)21-10-5-4-8-2-1-3-9(8)6-10/h4-7H,1-3H2. The van der Waals surface area contributed by atoms with Gasteiger partial charge in [-0.1, -0.05) is 17.8 Å². The van der Waals surface area contributed by atoms with Crippen LogP contribution >= 0.6 is 23.4 Å². The summed E-state index contributed by atoms with van der Waals surface area (Å²) in [5, 5.41) is -0.200. The molecule has 3 rings (SSSR count). The van der Waals surface area contributed by atoms with Crippen molar-refractivity contribution in [3.63, 3.8) is 0 Å². The highest BCUT2D eigenvalue weighted by atomic mass is 35.5. The predicted octanol–water partition coefficient (Wildman–Crippen LogP) is 4.79. The second kappa shape index (κ2) is 5.50. The lowest BCUT2D eigenvalue weighted by Gasteiger charge is -2.08. The zero-order valence-corrected chi connectivity index (χ0v) is 12.3. The summed E-state index contributed by atoms with van der Waals surface area (Å²) in [5.41, 5.74) is 1.55. The quantitative estimate of drug-likeness (QED) is 0.585. The number of aromatic nitrogens is 2. The molecule has 1 aromatic carbocycles. The van der Waals surface area contributed by atoms with Gasteiger partial charge in [0, 0.05) is 11.0 Å². The third-order valence-corrected chi connectivity index (χ3v) is 4.34. The van der Waals surface area contributed by atoms with Crippen molar-refractivity contribution in [2.75, 3.05) is 0 Å². The number of rotatable bonds is 2. The lowest BCUT2D eigenvalue weighted by atomic mass is 10.1. The summed E-state index contributed by atoms with van der Waals surface area (Å²) in [6, 6.07) is 6.86. The van der Waals surface area contributed by atoms with E-state index in [1.165, 1.54) is 11.1 Å². The first kappa shape index (κ1) is 14.7. The summed E-state index contributed by atoms with van der Waals surface area (Å²) in [5.74, 6) is 0. The lowest BCUT2D eigenvalue weighted by molar-refractivity contribution is -0.141. The number of benzene rings is 1. The zero-order valence-electron chi connectivity index (χ0n) is 10.7. The number of fused-ring (bicyclic) bond motifs is 1.